The van der Waals surface area contributed by atoms with Crippen molar-refractivity contribution in [3.05, 3.63) is 11.6 Å². The van der Waals surface area contributed by atoms with Gasteiger partial charge in [0, 0.05) is 11.6 Å². The van der Waals surface area contributed by atoms with Gasteiger partial charge < -0.3 is 9.47 Å². The van der Waals surface area contributed by atoms with Crippen molar-refractivity contribution >= 4 is 11.9 Å². The van der Waals surface area contributed by atoms with Crippen LogP contribution in [0.2, 0.25) is 0 Å². The van der Waals surface area contributed by atoms with E-state index in [1.54, 1.807) is 6.92 Å². The first-order valence-electron chi connectivity index (χ1n) is 7.25. The Kier molecular flexibility index (Phi) is 5.00. The van der Waals surface area contributed by atoms with Crippen molar-refractivity contribution in [2.24, 2.45) is 0 Å². The first-order valence-corrected chi connectivity index (χ1v) is 7.25. The minimum Gasteiger partial charge on any atom is -0.459 e. The summed E-state index contributed by atoms with van der Waals surface area (Å²) in [4.78, 5) is 23.4. The highest BCUT2D eigenvalue weighted by atomic mass is 16.5. The average molecular weight is 266 g/mol. The lowest BCUT2D eigenvalue weighted by Gasteiger charge is -2.12. The zero-order valence-corrected chi connectivity index (χ0v) is 11.5. The van der Waals surface area contributed by atoms with Crippen molar-refractivity contribution in [3.8, 4) is 0 Å². The molecule has 0 radical (unpaired) electrons. The zero-order chi connectivity index (χ0) is 13.7. The molecule has 0 amide bonds. The number of hydrogen-bond donors (Lipinski definition) is 0. The molecule has 0 spiro atoms. The fourth-order valence-corrected chi connectivity index (χ4v) is 2.69. The summed E-state index contributed by atoms with van der Waals surface area (Å²) < 4.78 is 10.6. The molecule has 0 bridgehead atoms. The van der Waals surface area contributed by atoms with Crippen LogP contribution in [-0.4, -0.2) is 24.1 Å². The Bertz CT molecular complexity index is 360. The normalized spacial score (nSPS) is 21.6. The predicted molar refractivity (Wildman–Crippen MR) is 70.5 cm³/mol. The van der Waals surface area contributed by atoms with E-state index in [4.69, 9.17) is 9.47 Å². The van der Waals surface area contributed by atoms with Crippen molar-refractivity contribution in [1.82, 2.24) is 0 Å². The number of hydrogen-bond acceptors (Lipinski definition) is 4. The summed E-state index contributed by atoms with van der Waals surface area (Å²) in [5, 5.41) is 0. The second kappa shape index (κ2) is 6.73. The van der Waals surface area contributed by atoms with Crippen molar-refractivity contribution < 1.29 is 19.1 Å². The van der Waals surface area contributed by atoms with Crippen LogP contribution in [0.1, 0.15) is 58.3 Å². The maximum Gasteiger partial charge on any atom is 0.334 e. The molecule has 2 rings (SSSR count). The Balaban J connectivity index is 1.79. The summed E-state index contributed by atoms with van der Waals surface area (Å²) in [6, 6.07) is 0. The van der Waals surface area contributed by atoms with Crippen molar-refractivity contribution in [2.45, 2.75) is 70.5 Å². The molecule has 106 valence electrons. The van der Waals surface area contributed by atoms with Crippen LogP contribution < -0.4 is 0 Å². The van der Waals surface area contributed by atoms with E-state index in [9.17, 15) is 9.59 Å². The molecule has 19 heavy (non-hydrogen) atoms. The van der Waals surface area contributed by atoms with Crippen molar-refractivity contribution in [2.75, 3.05) is 0 Å². The highest BCUT2D eigenvalue weighted by Crippen LogP contribution is 2.23. The number of rotatable bonds is 4. The largest absolute Gasteiger partial charge is 0.459 e. The monoisotopic (exact) mass is 266 g/mol. The van der Waals surface area contributed by atoms with E-state index in [1.165, 1.54) is 6.08 Å². The first kappa shape index (κ1) is 14.1. The van der Waals surface area contributed by atoms with Gasteiger partial charge in [-0.1, -0.05) is 0 Å². The lowest BCUT2D eigenvalue weighted by atomic mass is 10.2. The van der Waals surface area contributed by atoms with E-state index >= 15 is 0 Å². The Morgan fingerprint density at radius 2 is 1.37 bits per heavy atom. The molecular formula is C15H22O4. The molecule has 0 aromatic rings. The van der Waals surface area contributed by atoms with Gasteiger partial charge in [-0.2, -0.15) is 0 Å². The SMILES string of the molecule is C/C(=C\C(=O)OC1CCCC1)C(=O)OC1CCCC1. The van der Waals surface area contributed by atoms with Gasteiger partial charge in [-0.3, -0.25) is 0 Å². The molecule has 2 aliphatic rings. The van der Waals surface area contributed by atoms with E-state index in [2.05, 4.69) is 0 Å². The molecule has 0 aliphatic heterocycles. The van der Waals surface area contributed by atoms with Gasteiger partial charge in [0.1, 0.15) is 12.2 Å². The lowest BCUT2D eigenvalue weighted by molar-refractivity contribution is -0.146. The zero-order valence-electron chi connectivity index (χ0n) is 11.5. The standard InChI is InChI=1S/C15H22O4/c1-11(15(17)19-13-8-4-5-9-13)10-14(16)18-12-6-2-3-7-12/h10,12-13H,2-9H2,1H3/b11-10+. The molecule has 0 N–H and O–H groups in total. The number of ether oxygens (including phenoxy) is 2. The molecule has 0 aromatic heterocycles. The fourth-order valence-electron chi connectivity index (χ4n) is 2.69. The predicted octanol–water partition coefficient (Wildman–Crippen LogP) is 2.90. The molecule has 2 saturated carbocycles. The molecule has 2 aliphatic carbocycles. The Hall–Kier alpha value is -1.32. The van der Waals surface area contributed by atoms with Crippen molar-refractivity contribution in [1.29, 1.82) is 0 Å². The summed E-state index contributed by atoms with van der Waals surface area (Å²) in [7, 11) is 0. The summed E-state index contributed by atoms with van der Waals surface area (Å²) in [5.41, 5.74) is 0.329. The maximum absolute atomic E-state index is 11.8. The van der Waals surface area contributed by atoms with Gasteiger partial charge in [-0.05, 0) is 58.3 Å². The lowest BCUT2D eigenvalue weighted by Crippen LogP contribution is -2.17. The Morgan fingerprint density at radius 3 is 1.89 bits per heavy atom. The van der Waals surface area contributed by atoms with E-state index in [-0.39, 0.29) is 12.2 Å². The van der Waals surface area contributed by atoms with E-state index in [0.717, 1.165) is 51.4 Å². The van der Waals surface area contributed by atoms with Gasteiger partial charge in [-0.15, -0.1) is 0 Å². The molecular weight excluding hydrogens is 244 g/mol. The van der Waals surface area contributed by atoms with Gasteiger partial charge in [0.15, 0.2) is 0 Å². The van der Waals surface area contributed by atoms with Gasteiger partial charge in [0.2, 0.25) is 0 Å². The molecule has 0 aromatic carbocycles. The van der Waals surface area contributed by atoms with E-state index < -0.39 is 11.9 Å². The topological polar surface area (TPSA) is 52.6 Å². The van der Waals surface area contributed by atoms with Gasteiger partial charge in [0.05, 0.1) is 0 Å². The smallest absolute Gasteiger partial charge is 0.334 e. The molecule has 2 fully saturated rings. The summed E-state index contributed by atoms with van der Waals surface area (Å²) in [6.07, 6.45) is 9.52. The van der Waals surface area contributed by atoms with Crippen LogP contribution in [0, 0.1) is 0 Å². The van der Waals surface area contributed by atoms with Crippen LogP contribution in [0.15, 0.2) is 11.6 Å². The highest BCUT2D eigenvalue weighted by molar-refractivity contribution is 5.95. The van der Waals surface area contributed by atoms with Crippen LogP contribution in [0.4, 0.5) is 0 Å². The molecule has 4 heteroatoms. The summed E-state index contributed by atoms with van der Waals surface area (Å²) >= 11 is 0. The Morgan fingerprint density at radius 1 is 0.895 bits per heavy atom. The van der Waals surface area contributed by atoms with Crippen molar-refractivity contribution in [3.63, 3.8) is 0 Å². The number of esters is 2. The third-order valence-corrected chi connectivity index (χ3v) is 3.82. The molecule has 0 saturated heterocycles. The van der Waals surface area contributed by atoms with Crippen LogP contribution in [0.25, 0.3) is 0 Å². The third kappa shape index (κ3) is 4.37. The van der Waals surface area contributed by atoms with Gasteiger partial charge in [0.25, 0.3) is 0 Å². The molecule has 4 nitrogen and oxygen atoms in total. The van der Waals surface area contributed by atoms with Crippen LogP contribution in [0.5, 0.6) is 0 Å². The van der Waals surface area contributed by atoms with Gasteiger partial charge in [-0.25, -0.2) is 9.59 Å². The Labute approximate surface area is 114 Å². The van der Waals surface area contributed by atoms with Crippen LogP contribution >= 0.6 is 0 Å². The number of carbonyl (C=O) groups is 2. The minimum atomic E-state index is -0.423. The van der Waals surface area contributed by atoms with Gasteiger partial charge >= 0.3 is 11.9 Å². The first-order chi connectivity index (χ1) is 9.15. The van der Waals surface area contributed by atoms with Crippen LogP contribution in [0.3, 0.4) is 0 Å². The number of carbonyl (C=O) groups excluding carboxylic acids is 2. The van der Waals surface area contributed by atoms with Crippen LogP contribution in [-0.2, 0) is 19.1 Å². The average Bonchev–Trinajstić information content (AvgIpc) is 3.01. The minimum absolute atomic E-state index is 0.0294. The molecule has 0 atom stereocenters. The second-order valence-corrected chi connectivity index (χ2v) is 5.48. The van der Waals surface area contributed by atoms with E-state index in [0.29, 0.717) is 5.57 Å². The highest BCUT2D eigenvalue weighted by Gasteiger charge is 2.21. The fraction of sp³-hybridized carbons (Fsp3) is 0.733. The third-order valence-electron chi connectivity index (χ3n) is 3.82. The summed E-state index contributed by atoms with van der Waals surface area (Å²) in [5.74, 6) is -0.817. The van der Waals surface area contributed by atoms with E-state index in [1.807, 2.05) is 0 Å². The quantitative estimate of drug-likeness (QED) is 0.580. The molecule has 0 unspecified atom stereocenters. The second-order valence-electron chi connectivity index (χ2n) is 5.48. The molecule has 0 heterocycles. The summed E-state index contributed by atoms with van der Waals surface area (Å²) in [6.45, 7) is 1.60. The maximum atomic E-state index is 11.8.